The normalized spacial score (nSPS) is 26.3. The zero-order valence-electron chi connectivity index (χ0n) is 69.2. The number of carboxylic acids is 1. The van der Waals surface area contributed by atoms with Crippen molar-refractivity contribution in [3.63, 3.8) is 0 Å². The van der Waals surface area contributed by atoms with E-state index >= 15 is 24.0 Å². The average molecular weight is 1760 g/mol. The van der Waals surface area contributed by atoms with Crippen LogP contribution in [0.15, 0.2) is 97.1 Å². The second-order valence-electron chi connectivity index (χ2n) is 32.1. The van der Waals surface area contributed by atoms with Crippen molar-refractivity contribution in [1.82, 2.24) is 53.2 Å². The molecule has 0 aliphatic carbocycles. The number of carbonyl (C=O) groups is 10. The molecule has 8 aliphatic rings. The average Bonchev–Trinajstić information content (AvgIpc) is 1.72. The number of fused-ring (bicyclic) bond motifs is 16. The van der Waals surface area contributed by atoms with E-state index in [9.17, 15) is 69.9 Å². The summed E-state index contributed by atoms with van der Waals surface area (Å²) in [6, 6.07) is 5.49. The van der Waals surface area contributed by atoms with E-state index in [4.69, 9.17) is 55.2 Å². The molecule has 40 heteroatoms. The molecule has 0 spiro atoms. The highest BCUT2D eigenvalue weighted by atomic mass is 35.5. The summed E-state index contributed by atoms with van der Waals surface area (Å²) in [4.78, 5) is 145. The number of phenols is 3. The first kappa shape index (κ1) is 92.3. The number of aliphatic hydroxyl groups is 5. The van der Waals surface area contributed by atoms with Crippen LogP contribution in [0.4, 0.5) is 15.3 Å². The molecule has 0 unspecified atom stereocenters. The van der Waals surface area contributed by atoms with Crippen LogP contribution in [0, 0.1) is 12.8 Å². The molecular formula is C85H103ClN12O27. The predicted octanol–water partition coefficient (Wildman–Crippen LogP) is 3.81. The number of amides is 10. The highest BCUT2D eigenvalue weighted by Gasteiger charge is 2.56. The Kier molecular flexibility index (Phi) is 29.5. The van der Waals surface area contributed by atoms with Gasteiger partial charge in [0.15, 0.2) is 36.0 Å². The Morgan fingerprint density at radius 1 is 0.720 bits per heavy atom. The maximum Gasteiger partial charge on any atom is 0.408 e. The number of ether oxygens (including phenoxy) is 8. The fourth-order valence-corrected chi connectivity index (χ4v) is 16.0. The van der Waals surface area contributed by atoms with E-state index < -0.39 is 249 Å². The number of nitrogens with two attached hydrogens (primary N) is 1. The van der Waals surface area contributed by atoms with Crippen LogP contribution in [-0.2, 0) is 63.8 Å². The summed E-state index contributed by atoms with van der Waals surface area (Å²) >= 11 is 7.18. The van der Waals surface area contributed by atoms with Crippen LogP contribution in [0.3, 0.4) is 0 Å². The van der Waals surface area contributed by atoms with Crippen molar-refractivity contribution in [2.24, 2.45) is 11.7 Å². The molecule has 18 atom stereocenters. The number of primary amides is 1. The van der Waals surface area contributed by atoms with Gasteiger partial charge in [0.1, 0.15) is 95.2 Å². The molecule has 39 nitrogen and oxygen atoms in total. The fraction of sp³-hybridized carbons (Fsp3) is 0.459. The highest BCUT2D eigenvalue weighted by Crippen LogP contribution is 2.51. The summed E-state index contributed by atoms with van der Waals surface area (Å²) in [6.07, 6.45) is -14.9. The van der Waals surface area contributed by atoms with Crippen molar-refractivity contribution in [3.8, 4) is 62.9 Å². The van der Waals surface area contributed by atoms with E-state index in [2.05, 4.69) is 65.4 Å². The zero-order chi connectivity index (χ0) is 90.2. The number of phenolic OH excluding ortho intramolecular Hbond substituents is 3. The molecule has 3 fully saturated rings. The zero-order valence-corrected chi connectivity index (χ0v) is 69.9. The van der Waals surface area contributed by atoms with E-state index in [0.717, 1.165) is 73.9 Å². The van der Waals surface area contributed by atoms with Gasteiger partial charge in [-0.05, 0) is 173 Å². The number of rotatable bonds is 26. The third-order valence-corrected chi connectivity index (χ3v) is 22.6. The Balaban J connectivity index is 0.984. The molecule has 672 valence electrons. The number of anilines is 1. The lowest BCUT2D eigenvalue weighted by molar-refractivity contribution is -0.332. The van der Waals surface area contributed by atoms with Crippen molar-refractivity contribution in [2.75, 3.05) is 38.7 Å². The van der Waals surface area contributed by atoms with Gasteiger partial charge in [-0.1, -0.05) is 63.4 Å². The number of aromatic hydroxyl groups is 3. The van der Waals surface area contributed by atoms with E-state index in [1.165, 1.54) is 32.2 Å². The van der Waals surface area contributed by atoms with Gasteiger partial charge in [-0.2, -0.15) is 0 Å². The monoisotopic (exact) mass is 1760 g/mol. The van der Waals surface area contributed by atoms with Crippen LogP contribution in [0.2, 0.25) is 5.02 Å². The molecule has 0 radical (unpaired) electrons. The molecule has 3 saturated heterocycles. The lowest BCUT2D eigenvalue weighted by Gasteiger charge is -2.46. The Hall–Kier alpha value is -11.9. The maximum absolute atomic E-state index is 16.4. The van der Waals surface area contributed by atoms with Crippen LogP contribution in [0.5, 0.6) is 51.7 Å². The van der Waals surface area contributed by atoms with Gasteiger partial charge in [0.2, 0.25) is 53.4 Å². The first-order valence-corrected chi connectivity index (χ1v) is 41.2. The molecule has 0 aromatic heterocycles. The predicted molar refractivity (Wildman–Crippen MR) is 442 cm³/mol. The van der Waals surface area contributed by atoms with Crippen molar-refractivity contribution in [1.29, 1.82) is 0 Å². The number of aryl methyl sites for hydroxylation is 1. The summed E-state index contributed by atoms with van der Waals surface area (Å²) in [5.74, 6) is -15.0. The Morgan fingerprint density at radius 3 is 2.06 bits per heavy atom. The molecule has 10 amide bonds. The first-order chi connectivity index (χ1) is 59.5. The molecule has 0 saturated carbocycles. The molecular weight excluding hydrogens is 1660 g/mol. The van der Waals surface area contributed by atoms with Crippen molar-refractivity contribution in [2.45, 2.75) is 209 Å². The van der Waals surface area contributed by atoms with Crippen molar-refractivity contribution in [3.05, 3.63) is 141 Å². The number of likely N-dealkylation sites (N-methyl/N-ethyl adjacent to an activating group) is 1. The number of nitrogens with one attached hydrogen (secondary N) is 11. The number of hydrogen-bond acceptors (Lipinski definition) is 28. The molecule has 8 aliphatic heterocycles. The van der Waals surface area contributed by atoms with Gasteiger partial charge in [-0.25, -0.2) is 14.4 Å². The number of aliphatic hydroxyl groups excluding tert-OH is 5. The van der Waals surface area contributed by atoms with Gasteiger partial charge >= 0.3 is 18.1 Å². The smallest absolute Gasteiger partial charge is 0.408 e. The molecule has 6 aromatic rings. The van der Waals surface area contributed by atoms with E-state index in [1.807, 2.05) is 13.8 Å². The van der Waals surface area contributed by atoms with E-state index in [0.29, 0.717) is 30.9 Å². The minimum atomic E-state index is -2.36. The molecule has 6 aromatic carbocycles. The number of urea groups is 1. The quantitative estimate of drug-likeness (QED) is 0.0343. The van der Waals surface area contributed by atoms with Crippen LogP contribution >= 0.6 is 11.6 Å². The van der Waals surface area contributed by atoms with Gasteiger partial charge < -0.3 is 148 Å². The molecule has 125 heavy (non-hydrogen) atoms. The lowest BCUT2D eigenvalue weighted by atomic mass is 9.86. The second kappa shape index (κ2) is 40.0. The molecule has 14 rings (SSSR count). The van der Waals surface area contributed by atoms with Gasteiger partial charge in [-0.3, -0.25) is 33.6 Å². The third-order valence-electron chi connectivity index (χ3n) is 22.3. The summed E-state index contributed by atoms with van der Waals surface area (Å²) in [6.45, 7) is 10.1. The first-order valence-electron chi connectivity index (χ1n) is 40.8. The summed E-state index contributed by atoms with van der Waals surface area (Å²) in [5.41, 5.74) is 2.23. The molecule has 8 heterocycles. The Labute approximate surface area is 721 Å². The number of unbranched alkanes of at least 4 members (excludes halogenated alkanes) is 3. The number of alkyl carbamates (subject to hydrolysis) is 1. The van der Waals surface area contributed by atoms with E-state index in [-0.39, 0.29) is 72.0 Å². The Bertz CT molecular complexity index is 5050. The minimum Gasteiger partial charge on any atom is -0.507 e. The van der Waals surface area contributed by atoms with Gasteiger partial charge in [0, 0.05) is 41.9 Å². The lowest BCUT2D eigenvalue weighted by Crippen LogP contribution is -2.63. The summed E-state index contributed by atoms with van der Waals surface area (Å²) in [7, 11) is 1.49. The van der Waals surface area contributed by atoms with Crippen LogP contribution < -0.4 is 83.2 Å². The topological polar surface area (TPSA) is 585 Å². The number of carboxylic acid groups (broad SMARTS) is 1. The third kappa shape index (κ3) is 21.2. The van der Waals surface area contributed by atoms with Gasteiger partial charge in [-0.15, -0.1) is 0 Å². The number of aliphatic carboxylic acids is 1. The minimum absolute atomic E-state index is 0.0444. The number of halogens is 1. The number of hydrogen-bond donors (Lipinski definition) is 21. The molecule has 11 bridgehead atoms. The van der Waals surface area contributed by atoms with Gasteiger partial charge in [0.25, 0.3) is 0 Å². The van der Waals surface area contributed by atoms with Crippen LogP contribution in [0.1, 0.15) is 155 Å². The van der Waals surface area contributed by atoms with Gasteiger partial charge in [0.05, 0.1) is 47.9 Å². The van der Waals surface area contributed by atoms with Crippen LogP contribution in [-0.4, -0.2) is 218 Å². The highest BCUT2D eigenvalue weighted by molar-refractivity contribution is 6.32. The molecule has 22 N–H and O–H groups in total. The SMILES string of the molecule is CCCCCOc1ccc(NC(=O)NCCCCNCc2c(O)cc3c(c2O)-c2cc(ccc2O)[C@H]2NC(=O)[C@@H]4NC(=O)[C@H](CC(N)=O)NC(=O)[C@H](NC(=O)[C@@H](CC(C)C)NC)[C@H](O)c5ccc(c(C)c5)Oc5cc4cc(c5O[C@@H]4O[C@H](CO)[C@@H](O)[C@H](O)[C@H]4O[C@H]4C[C@]5(C)NC(=O)O[C@@H]5[C@H](C)O4)Oc4ccc(cc4Cl)[C@@H](O)[C@H](NC2=O)C(=O)N[C@@H]3C(=O)O)cc1. The van der Waals surface area contributed by atoms with E-state index in [1.54, 1.807) is 38.1 Å². The summed E-state index contributed by atoms with van der Waals surface area (Å²) in [5, 5.41) is 136. The van der Waals surface area contributed by atoms with Crippen molar-refractivity contribution >= 4 is 76.7 Å². The Morgan fingerprint density at radius 2 is 1.39 bits per heavy atom. The summed E-state index contributed by atoms with van der Waals surface area (Å²) < 4.78 is 50.6. The number of carbonyl (C=O) groups excluding carboxylic acids is 9. The number of benzene rings is 6. The van der Waals surface area contributed by atoms with Crippen LogP contribution in [0.25, 0.3) is 11.1 Å². The standard InChI is InChI=1S/C85H103ClN12O27/c1-8-9-12-25-118-45-18-16-44(17-19-45)91-83(116)90-24-11-10-23-89-35-48-53(101)32-47-61(69(48)105)46-28-40(13-20-52(46)100)62-77(110)97-66(80(113)95-64(47)81(114)115)68(104)42-15-22-55(49(86)29-42)121-57-31-43-30-56(72(57)124-82-73(71(107)70(106)58(36-99)122-82)123-60-34-85(6)74(39(5)119-60)125-84(117)98-85)120-54-21-14-41(27-38(54)4)67(103)65(96-75(108)50(88-7)26-37(2)3)79(112)92-51(33-59(87)102)76(109)93-63(43)78(111)94-62/h13-22,27-32,37,39,50-51,58,60,62-68,70-71,73-74,82,88-89,99-101,103-107H,8-12,23-26,33-36H2,1-7H3,(H2,87,102)(H,92,112)(H,93,109)(H,94,111)(H,95,113)(H,96,108)(H,97,110)(H,98,117)(H,114,115)(H2,90,91,116)/t39-,50+,51-,58+,60-,62+,63+,64-,65+,66-,67+,68+,70+,71-,73+,74+,82-,85-/m0/s1. The maximum atomic E-state index is 16.4. The largest absolute Gasteiger partial charge is 0.507 e. The second-order valence-corrected chi connectivity index (χ2v) is 32.5. The fourth-order valence-electron chi connectivity index (χ4n) is 15.8. The van der Waals surface area contributed by atoms with Crippen molar-refractivity contribution < 1.29 is 132 Å².